The molecule has 2 nitrogen and oxygen atoms in total. The van der Waals surface area contributed by atoms with E-state index in [1.54, 1.807) is 0 Å². The van der Waals surface area contributed by atoms with Crippen LogP contribution < -0.4 is 4.90 Å². The van der Waals surface area contributed by atoms with Gasteiger partial charge in [-0.05, 0) is 0 Å². The third-order valence-electron chi connectivity index (χ3n) is 2.51. The maximum atomic E-state index is 13.5. The van der Waals surface area contributed by atoms with Crippen LogP contribution in [0.1, 0.15) is 0 Å². The van der Waals surface area contributed by atoms with Crippen molar-refractivity contribution < 1.29 is 22.3 Å². The first kappa shape index (κ1) is 12.4. The van der Waals surface area contributed by atoms with Crippen LogP contribution in [0.3, 0.4) is 0 Å². The zero-order chi connectivity index (χ0) is 12.6. The van der Waals surface area contributed by atoms with Gasteiger partial charge in [0.05, 0.1) is 13.2 Å². The summed E-state index contributed by atoms with van der Waals surface area (Å²) in [7, 11) is 0. The molecule has 0 bridgehead atoms. The summed E-state index contributed by atoms with van der Waals surface area (Å²) in [4.78, 5) is 1.19. The maximum Gasteiger partial charge on any atom is 0.186 e. The van der Waals surface area contributed by atoms with E-state index in [1.807, 2.05) is 0 Å². The number of rotatable bonds is 1. The van der Waals surface area contributed by atoms with Gasteiger partial charge in [0.1, 0.15) is 10.7 Å². The molecule has 2 rings (SSSR count). The molecular formula is C10H8ClF4NO. The van der Waals surface area contributed by atoms with Gasteiger partial charge in [-0.3, -0.25) is 0 Å². The number of benzene rings is 1. The molecule has 0 amide bonds. The molecule has 1 aromatic rings. The van der Waals surface area contributed by atoms with E-state index in [-0.39, 0.29) is 26.3 Å². The van der Waals surface area contributed by atoms with Crippen LogP contribution in [0.15, 0.2) is 0 Å². The van der Waals surface area contributed by atoms with Crippen LogP contribution in [-0.4, -0.2) is 26.3 Å². The van der Waals surface area contributed by atoms with E-state index in [2.05, 4.69) is 0 Å². The van der Waals surface area contributed by atoms with Crippen molar-refractivity contribution in [3.8, 4) is 0 Å². The number of hydrogen-bond donors (Lipinski definition) is 0. The Hall–Kier alpha value is -1.01. The van der Waals surface area contributed by atoms with Gasteiger partial charge >= 0.3 is 0 Å². The number of anilines is 1. The Labute approximate surface area is 99.7 Å². The molecule has 0 spiro atoms. The fraction of sp³-hybridized carbons (Fsp3) is 0.400. The molecular weight excluding hydrogens is 262 g/mol. The lowest BCUT2D eigenvalue weighted by Gasteiger charge is -2.29. The Morgan fingerprint density at radius 1 is 0.882 bits per heavy atom. The lowest BCUT2D eigenvalue weighted by molar-refractivity contribution is 0.122. The summed E-state index contributed by atoms with van der Waals surface area (Å²) in [5.41, 5.74) is -0.729. The molecule has 0 unspecified atom stereocenters. The Morgan fingerprint density at radius 2 is 1.35 bits per heavy atom. The third kappa shape index (κ3) is 2.07. The summed E-state index contributed by atoms with van der Waals surface area (Å²) in [5.74, 6) is -6.11. The predicted octanol–water partition coefficient (Wildman–Crippen LogP) is 2.73. The van der Waals surface area contributed by atoms with Crippen LogP contribution in [0.2, 0.25) is 5.02 Å². The number of halogens is 5. The molecule has 1 fully saturated rings. The molecule has 0 saturated carbocycles. The quantitative estimate of drug-likeness (QED) is 0.442. The van der Waals surface area contributed by atoms with Crippen molar-refractivity contribution in [2.75, 3.05) is 31.2 Å². The third-order valence-corrected chi connectivity index (χ3v) is 2.85. The minimum atomic E-state index is -1.58. The number of hydrogen-bond acceptors (Lipinski definition) is 2. The van der Waals surface area contributed by atoms with Crippen LogP contribution in [-0.2, 0) is 4.74 Å². The Morgan fingerprint density at radius 3 is 1.82 bits per heavy atom. The van der Waals surface area contributed by atoms with Gasteiger partial charge in [0.2, 0.25) is 0 Å². The highest BCUT2D eigenvalue weighted by Crippen LogP contribution is 2.33. The molecule has 1 aromatic carbocycles. The minimum Gasteiger partial charge on any atom is -0.378 e. The van der Waals surface area contributed by atoms with Crippen LogP contribution in [0.5, 0.6) is 0 Å². The van der Waals surface area contributed by atoms with Gasteiger partial charge < -0.3 is 9.64 Å². The van der Waals surface area contributed by atoms with Crippen molar-refractivity contribution in [1.29, 1.82) is 0 Å². The van der Waals surface area contributed by atoms with Crippen molar-refractivity contribution in [3.05, 3.63) is 28.3 Å². The van der Waals surface area contributed by atoms with Crippen LogP contribution in [0.4, 0.5) is 23.2 Å². The first-order chi connectivity index (χ1) is 8.04. The van der Waals surface area contributed by atoms with E-state index < -0.39 is 34.0 Å². The van der Waals surface area contributed by atoms with Gasteiger partial charge in [-0.25, -0.2) is 17.6 Å². The second-order valence-corrected chi connectivity index (χ2v) is 3.90. The maximum absolute atomic E-state index is 13.5. The van der Waals surface area contributed by atoms with Crippen molar-refractivity contribution in [1.82, 2.24) is 0 Å². The van der Waals surface area contributed by atoms with Crippen LogP contribution in [0, 0.1) is 23.3 Å². The van der Waals surface area contributed by atoms with Crippen molar-refractivity contribution in [2.24, 2.45) is 0 Å². The number of ether oxygens (including phenoxy) is 1. The molecule has 94 valence electrons. The highest BCUT2D eigenvalue weighted by atomic mass is 35.5. The Bertz CT molecular complexity index is 419. The summed E-state index contributed by atoms with van der Waals surface area (Å²) in [6, 6.07) is 0. The van der Waals surface area contributed by atoms with Gasteiger partial charge in [-0.1, -0.05) is 11.6 Å². The molecule has 1 aliphatic rings. The van der Waals surface area contributed by atoms with Gasteiger partial charge in [0.15, 0.2) is 23.3 Å². The van der Waals surface area contributed by atoms with E-state index in [0.29, 0.717) is 0 Å². The van der Waals surface area contributed by atoms with E-state index in [4.69, 9.17) is 16.3 Å². The molecule has 7 heteroatoms. The monoisotopic (exact) mass is 269 g/mol. The Balaban J connectivity index is 2.52. The van der Waals surface area contributed by atoms with E-state index in [1.165, 1.54) is 4.90 Å². The Kier molecular flexibility index (Phi) is 3.44. The molecule has 0 aromatic heterocycles. The molecule has 0 radical (unpaired) electrons. The average molecular weight is 270 g/mol. The highest BCUT2D eigenvalue weighted by molar-refractivity contribution is 6.31. The van der Waals surface area contributed by atoms with E-state index in [0.717, 1.165) is 0 Å². The van der Waals surface area contributed by atoms with Gasteiger partial charge in [-0.15, -0.1) is 0 Å². The largest absolute Gasteiger partial charge is 0.378 e. The van der Waals surface area contributed by atoms with Crippen molar-refractivity contribution in [2.45, 2.75) is 0 Å². The highest BCUT2D eigenvalue weighted by Gasteiger charge is 2.28. The van der Waals surface area contributed by atoms with Crippen molar-refractivity contribution in [3.63, 3.8) is 0 Å². The summed E-state index contributed by atoms with van der Waals surface area (Å²) < 4.78 is 58.5. The molecule has 1 heterocycles. The summed E-state index contributed by atoms with van der Waals surface area (Å²) in [6.45, 7) is 0.804. The minimum absolute atomic E-state index is 0.161. The van der Waals surface area contributed by atoms with E-state index >= 15 is 0 Å². The van der Waals surface area contributed by atoms with Gasteiger partial charge in [-0.2, -0.15) is 0 Å². The lowest BCUT2D eigenvalue weighted by atomic mass is 10.2. The fourth-order valence-electron chi connectivity index (χ4n) is 1.66. The molecule has 1 saturated heterocycles. The smallest absolute Gasteiger partial charge is 0.186 e. The molecule has 0 N–H and O–H groups in total. The fourth-order valence-corrected chi connectivity index (χ4v) is 1.82. The summed E-state index contributed by atoms with van der Waals surface area (Å²) >= 11 is 5.13. The zero-order valence-electron chi connectivity index (χ0n) is 8.57. The normalized spacial score (nSPS) is 16.4. The standard InChI is InChI=1S/C10H8ClF4NO/c11-5-6(12)8(14)10(9(15)7(5)13)16-1-3-17-4-2-16/h1-4H2. The number of morpholine rings is 1. The number of nitrogens with zero attached hydrogens (tertiary/aromatic N) is 1. The topological polar surface area (TPSA) is 12.5 Å². The molecule has 17 heavy (non-hydrogen) atoms. The summed E-state index contributed by atoms with van der Waals surface area (Å²) in [6.07, 6.45) is 0. The van der Waals surface area contributed by atoms with Gasteiger partial charge in [0.25, 0.3) is 0 Å². The van der Waals surface area contributed by atoms with Crippen LogP contribution in [0.25, 0.3) is 0 Å². The van der Waals surface area contributed by atoms with E-state index in [9.17, 15) is 17.6 Å². The molecule has 1 aliphatic heterocycles. The molecule has 0 aliphatic carbocycles. The lowest BCUT2D eigenvalue weighted by Crippen LogP contribution is -2.37. The van der Waals surface area contributed by atoms with Crippen molar-refractivity contribution >= 4 is 17.3 Å². The zero-order valence-corrected chi connectivity index (χ0v) is 9.33. The molecule has 0 atom stereocenters. The summed E-state index contributed by atoms with van der Waals surface area (Å²) in [5, 5.41) is -1.17. The predicted molar refractivity (Wildman–Crippen MR) is 54.3 cm³/mol. The first-order valence-corrected chi connectivity index (χ1v) is 5.26. The second kappa shape index (κ2) is 4.70. The van der Waals surface area contributed by atoms with Crippen LogP contribution >= 0.6 is 11.6 Å². The SMILES string of the molecule is Fc1c(F)c(N2CCOCC2)c(F)c(F)c1Cl. The second-order valence-electron chi connectivity index (χ2n) is 3.52. The first-order valence-electron chi connectivity index (χ1n) is 4.88. The average Bonchev–Trinajstić information content (AvgIpc) is 2.36. The van der Waals surface area contributed by atoms with Gasteiger partial charge in [0, 0.05) is 13.1 Å².